The average Bonchev–Trinajstić information content (AvgIpc) is 2.98. The van der Waals surface area contributed by atoms with Crippen LogP contribution in [-0.4, -0.2) is 9.97 Å². The molecule has 0 fully saturated rings. The van der Waals surface area contributed by atoms with Crippen molar-refractivity contribution >= 4 is 21.8 Å². The SMILES string of the molecule is CC(C)(C)c1cccc(C(C)(C)c2cc(C(C)(C)C)c3ccc4c(C(C)(C)C)cc(C(C)(C)c5cccc(C(C)(C)C)c5)nc4c3n2)c1. The molecule has 0 bridgehead atoms. The van der Waals surface area contributed by atoms with Crippen LogP contribution in [0, 0.1) is 0 Å². The molecule has 0 radical (unpaired) electrons. The van der Waals surface area contributed by atoms with Gasteiger partial charge in [0.25, 0.3) is 0 Å². The van der Waals surface area contributed by atoms with E-state index in [1.165, 1.54) is 44.2 Å². The summed E-state index contributed by atoms with van der Waals surface area (Å²) >= 11 is 0. The van der Waals surface area contributed by atoms with Gasteiger partial charge in [0, 0.05) is 21.6 Å². The van der Waals surface area contributed by atoms with Crippen molar-refractivity contribution in [1.82, 2.24) is 9.97 Å². The van der Waals surface area contributed by atoms with Gasteiger partial charge in [0.1, 0.15) is 0 Å². The van der Waals surface area contributed by atoms with Gasteiger partial charge < -0.3 is 0 Å². The molecule has 0 aliphatic carbocycles. The summed E-state index contributed by atoms with van der Waals surface area (Å²) < 4.78 is 0. The Morgan fingerprint density at radius 3 is 0.958 bits per heavy atom. The summed E-state index contributed by atoms with van der Waals surface area (Å²) in [6.07, 6.45) is 0. The summed E-state index contributed by atoms with van der Waals surface area (Å²) in [5.74, 6) is 0. The monoisotopic (exact) mass is 640 g/mol. The summed E-state index contributed by atoms with van der Waals surface area (Å²) in [5.41, 5.74) is 11.4. The van der Waals surface area contributed by atoms with E-state index in [1.54, 1.807) is 0 Å². The van der Waals surface area contributed by atoms with Crippen LogP contribution in [0.25, 0.3) is 21.8 Å². The van der Waals surface area contributed by atoms with Crippen molar-refractivity contribution in [2.75, 3.05) is 0 Å². The zero-order chi connectivity index (χ0) is 35.8. The molecular weight excluding hydrogens is 581 g/mol. The van der Waals surface area contributed by atoms with Crippen molar-refractivity contribution in [3.05, 3.63) is 118 Å². The van der Waals surface area contributed by atoms with Crippen LogP contribution in [0.1, 0.15) is 156 Å². The number of pyridine rings is 2. The Morgan fingerprint density at radius 1 is 0.354 bits per heavy atom. The lowest BCUT2D eigenvalue weighted by atomic mass is 9.75. The number of nitrogens with zero attached hydrogens (tertiary/aromatic N) is 2. The van der Waals surface area contributed by atoms with E-state index in [0.717, 1.165) is 22.4 Å². The second-order valence-electron chi connectivity index (χ2n) is 19.4. The molecule has 0 saturated heterocycles. The molecule has 0 aliphatic rings. The van der Waals surface area contributed by atoms with Crippen LogP contribution < -0.4 is 0 Å². The lowest BCUT2D eigenvalue weighted by molar-refractivity contribution is 0.570. The van der Waals surface area contributed by atoms with E-state index in [9.17, 15) is 0 Å². The van der Waals surface area contributed by atoms with Crippen molar-refractivity contribution in [2.24, 2.45) is 0 Å². The van der Waals surface area contributed by atoms with Crippen LogP contribution in [0.3, 0.4) is 0 Å². The molecule has 254 valence electrons. The fourth-order valence-electron chi connectivity index (χ4n) is 6.90. The topological polar surface area (TPSA) is 25.8 Å². The molecule has 2 heterocycles. The lowest BCUT2D eigenvalue weighted by Gasteiger charge is -2.32. The molecule has 2 aromatic heterocycles. The van der Waals surface area contributed by atoms with E-state index in [1.807, 2.05) is 0 Å². The maximum absolute atomic E-state index is 5.62. The Hall–Kier alpha value is -3.52. The van der Waals surface area contributed by atoms with Crippen LogP contribution in [0.5, 0.6) is 0 Å². The maximum atomic E-state index is 5.62. The van der Waals surface area contributed by atoms with Gasteiger partial charge in [-0.1, -0.05) is 171 Å². The Labute approximate surface area is 291 Å². The number of hydrogen-bond acceptors (Lipinski definition) is 2. The van der Waals surface area contributed by atoms with Gasteiger partial charge in [0.2, 0.25) is 0 Å². The molecule has 0 N–H and O–H groups in total. The molecule has 3 aromatic carbocycles. The van der Waals surface area contributed by atoms with E-state index < -0.39 is 0 Å². The highest BCUT2D eigenvalue weighted by molar-refractivity contribution is 6.06. The van der Waals surface area contributed by atoms with Gasteiger partial charge in [-0.3, -0.25) is 0 Å². The number of hydrogen-bond donors (Lipinski definition) is 0. The zero-order valence-electron chi connectivity index (χ0n) is 32.8. The number of benzene rings is 3. The second-order valence-corrected chi connectivity index (χ2v) is 19.4. The van der Waals surface area contributed by atoms with Crippen LogP contribution in [0.15, 0.2) is 72.8 Å². The fourth-order valence-corrected chi connectivity index (χ4v) is 6.90. The average molecular weight is 641 g/mol. The van der Waals surface area contributed by atoms with Crippen molar-refractivity contribution < 1.29 is 0 Å². The van der Waals surface area contributed by atoms with Crippen molar-refractivity contribution in [3.8, 4) is 0 Å². The molecule has 0 atom stereocenters. The second kappa shape index (κ2) is 11.5. The third kappa shape index (κ3) is 6.57. The fraction of sp³-hybridized carbons (Fsp3) is 0.478. The molecule has 0 amide bonds. The van der Waals surface area contributed by atoms with Crippen LogP contribution >= 0.6 is 0 Å². The van der Waals surface area contributed by atoms with E-state index in [2.05, 4.69) is 184 Å². The molecule has 0 aliphatic heterocycles. The molecule has 5 aromatic rings. The molecule has 2 nitrogen and oxygen atoms in total. The van der Waals surface area contributed by atoms with Gasteiger partial charge in [-0.15, -0.1) is 0 Å². The Morgan fingerprint density at radius 2 is 0.667 bits per heavy atom. The predicted octanol–water partition coefficient (Wildman–Crippen LogP) is 12.6. The predicted molar refractivity (Wildman–Crippen MR) is 209 cm³/mol. The molecule has 0 unspecified atom stereocenters. The van der Waals surface area contributed by atoms with E-state index >= 15 is 0 Å². The quantitative estimate of drug-likeness (QED) is 0.183. The van der Waals surface area contributed by atoms with Gasteiger partial charge in [0.05, 0.1) is 22.4 Å². The minimum Gasteiger partial charge on any atom is -0.250 e. The van der Waals surface area contributed by atoms with E-state index in [4.69, 9.17) is 9.97 Å². The van der Waals surface area contributed by atoms with Gasteiger partial charge in [-0.25, -0.2) is 9.97 Å². The first-order chi connectivity index (χ1) is 21.8. The number of rotatable bonds is 4. The summed E-state index contributed by atoms with van der Waals surface area (Å²) in [5, 5.41) is 2.38. The summed E-state index contributed by atoms with van der Waals surface area (Å²) in [7, 11) is 0. The van der Waals surface area contributed by atoms with Crippen LogP contribution in [-0.2, 0) is 32.5 Å². The third-order valence-electron chi connectivity index (χ3n) is 10.6. The normalized spacial score (nSPS) is 13.8. The first-order valence-corrected chi connectivity index (χ1v) is 17.9. The smallest absolute Gasteiger partial charge is 0.0971 e. The highest BCUT2D eigenvalue weighted by atomic mass is 14.8. The van der Waals surface area contributed by atoms with Crippen molar-refractivity contribution in [2.45, 2.75) is 143 Å². The number of aromatic nitrogens is 2. The summed E-state index contributed by atoms with van der Waals surface area (Å²) in [4.78, 5) is 11.2. The largest absolute Gasteiger partial charge is 0.250 e. The minimum absolute atomic E-state index is 0.0680. The highest BCUT2D eigenvalue weighted by Gasteiger charge is 2.33. The minimum atomic E-state index is -0.311. The lowest BCUT2D eigenvalue weighted by Crippen LogP contribution is -2.25. The van der Waals surface area contributed by atoms with E-state index in [-0.39, 0.29) is 32.5 Å². The van der Waals surface area contributed by atoms with Gasteiger partial charge in [-0.05, 0) is 67.2 Å². The molecular formula is C46H60N2. The Balaban J connectivity index is 1.87. The molecule has 5 rings (SSSR count). The van der Waals surface area contributed by atoms with Gasteiger partial charge in [-0.2, -0.15) is 0 Å². The molecule has 0 spiro atoms. The molecule has 48 heavy (non-hydrogen) atoms. The maximum Gasteiger partial charge on any atom is 0.0971 e. The first-order valence-electron chi connectivity index (χ1n) is 17.9. The summed E-state index contributed by atoms with van der Waals surface area (Å²) in [6, 6.07) is 27.6. The molecule has 0 saturated carbocycles. The van der Waals surface area contributed by atoms with Crippen molar-refractivity contribution in [1.29, 1.82) is 0 Å². The van der Waals surface area contributed by atoms with Crippen molar-refractivity contribution in [3.63, 3.8) is 0 Å². The Kier molecular flexibility index (Phi) is 8.60. The zero-order valence-corrected chi connectivity index (χ0v) is 32.8. The third-order valence-corrected chi connectivity index (χ3v) is 10.6. The highest BCUT2D eigenvalue weighted by Crippen LogP contribution is 2.43. The van der Waals surface area contributed by atoms with E-state index in [0.29, 0.717) is 0 Å². The summed E-state index contributed by atoms with van der Waals surface area (Å²) in [6.45, 7) is 36.9. The standard InChI is InChI=1S/C46H60N2/c1-41(2,3)29-19-17-21-31(25-29)45(13,14)37-27-35(43(7,8)9)33-23-24-34-36(44(10,11)12)28-38(48-40(34)39(33)47-37)46(15,16)32-22-18-20-30(26-32)42(4,5)6/h17-28H,1-16H3. The van der Waals surface area contributed by atoms with Crippen LogP contribution in [0.2, 0.25) is 0 Å². The van der Waals surface area contributed by atoms with Gasteiger partial charge in [0.15, 0.2) is 0 Å². The number of fused-ring (bicyclic) bond motifs is 3. The van der Waals surface area contributed by atoms with Crippen LogP contribution in [0.4, 0.5) is 0 Å². The first kappa shape index (κ1) is 35.8. The van der Waals surface area contributed by atoms with Gasteiger partial charge >= 0.3 is 0 Å². The molecule has 2 heteroatoms. The Bertz CT molecular complexity index is 1850.